The molecule has 0 bridgehead atoms. The third-order valence-corrected chi connectivity index (χ3v) is 2.86. The molecule has 2 heterocycles. The number of aryl methyl sites for hydroxylation is 1. The zero-order valence-electron chi connectivity index (χ0n) is 11.4. The summed E-state index contributed by atoms with van der Waals surface area (Å²) in [5, 5.41) is 7.02. The summed E-state index contributed by atoms with van der Waals surface area (Å²) in [6.45, 7) is 1.84. The number of carbonyl (C=O) groups excluding carboxylic acids is 1. The lowest BCUT2D eigenvalue weighted by atomic mass is 10.3. The van der Waals surface area contributed by atoms with Crippen molar-refractivity contribution in [1.29, 1.82) is 0 Å². The molecule has 2 aromatic heterocycles. The van der Waals surface area contributed by atoms with Crippen LogP contribution in [0.3, 0.4) is 0 Å². The third-order valence-electron chi connectivity index (χ3n) is 2.86. The minimum absolute atomic E-state index is 0.265. The fourth-order valence-corrected chi connectivity index (χ4v) is 1.96. The molecule has 0 fully saturated rings. The second-order valence-electron chi connectivity index (χ2n) is 4.44. The van der Waals surface area contributed by atoms with Crippen LogP contribution >= 0.6 is 0 Å². The second-order valence-corrected chi connectivity index (χ2v) is 4.44. The SMILES string of the molecule is Cc1cc(C(=O)Nc2ncccn2)n(-c2ccccc2)n1. The maximum atomic E-state index is 12.4. The third kappa shape index (κ3) is 2.79. The van der Waals surface area contributed by atoms with Gasteiger partial charge in [-0.25, -0.2) is 14.6 Å². The summed E-state index contributed by atoms with van der Waals surface area (Å²) in [6.07, 6.45) is 3.14. The number of aromatic nitrogens is 4. The molecule has 6 heteroatoms. The van der Waals surface area contributed by atoms with Gasteiger partial charge in [-0.1, -0.05) is 18.2 Å². The molecule has 0 saturated carbocycles. The van der Waals surface area contributed by atoms with Gasteiger partial charge in [0.15, 0.2) is 0 Å². The maximum Gasteiger partial charge on any atom is 0.276 e. The van der Waals surface area contributed by atoms with Crippen LogP contribution in [0.15, 0.2) is 54.9 Å². The highest BCUT2D eigenvalue weighted by atomic mass is 16.2. The van der Waals surface area contributed by atoms with Gasteiger partial charge in [0.25, 0.3) is 5.91 Å². The van der Waals surface area contributed by atoms with Crippen LogP contribution in [0, 0.1) is 6.92 Å². The first kappa shape index (κ1) is 13.0. The normalized spacial score (nSPS) is 10.3. The van der Waals surface area contributed by atoms with Gasteiger partial charge in [-0.2, -0.15) is 5.10 Å². The minimum Gasteiger partial charge on any atom is -0.289 e. The Balaban J connectivity index is 1.94. The van der Waals surface area contributed by atoms with E-state index in [4.69, 9.17) is 0 Å². The highest BCUT2D eigenvalue weighted by molar-refractivity contribution is 6.02. The fraction of sp³-hybridized carbons (Fsp3) is 0.0667. The van der Waals surface area contributed by atoms with Gasteiger partial charge < -0.3 is 0 Å². The number of para-hydroxylation sites is 1. The topological polar surface area (TPSA) is 72.7 Å². The predicted octanol–water partition coefficient (Wildman–Crippen LogP) is 2.22. The van der Waals surface area contributed by atoms with E-state index in [1.165, 1.54) is 0 Å². The molecule has 3 aromatic rings. The smallest absolute Gasteiger partial charge is 0.276 e. The number of rotatable bonds is 3. The van der Waals surface area contributed by atoms with Crippen LogP contribution in [0.2, 0.25) is 0 Å². The van der Waals surface area contributed by atoms with Gasteiger partial charge in [-0.3, -0.25) is 10.1 Å². The molecule has 104 valence electrons. The van der Waals surface area contributed by atoms with Crippen molar-refractivity contribution < 1.29 is 4.79 Å². The first-order chi connectivity index (χ1) is 10.2. The van der Waals surface area contributed by atoms with Crippen molar-refractivity contribution in [2.24, 2.45) is 0 Å². The van der Waals surface area contributed by atoms with Gasteiger partial charge in [-0.15, -0.1) is 0 Å². The van der Waals surface area contributed by atoms with Crippen LogP contribution in [-0.4, -0.2) is 25.7 Å². The predicted molar refractivity (Wildman–Crippen MR) is 78.3 cm³/mol. The largest absolute Gasteiger partial charge is 0.289 e. The van der Waals surface area contributed by atoms with Crippen molar-refractivity contribution >= 4 is 11.9 Å². The number of carbonyl (C=O) groups is 1. The van der Waals surface area contributed by atoms with Crippen LogP contribution in [0.4, 0.5) is 5.95 Å². The molecule has 0 unspecified atom stereocenters. The van der Waals surface area contributed by atoms with Crippen molar-refractivity contribution in [3.8, 4) is 5.69 Å². The lowest BCUT2D eigenvalue weighted by Gasteiger charge is -2.07. The number of nitrogens with zero attached hydrogens (tertiary/aromatic N) is 4. The zero-order valence-corrected chi connectivity index (χ0v) is 11.4. The Morgan fingerprint density at radius 1 is 1.10 bits per heavy atom. The van der Waals surface area contributed by atoms with E-state index in [-0.39, 0.29) is 11.9 Å². The summed E-state index contributed by atoms with van der Waals surface area (Å²) >= 11 is 0. The van der Waals surface area contributed by atoms with E-state index >= 15 is 0 Å². The molecular formula is C15H13N5O. The van der Waals surface area contributed by atoms with E-state index in [2.05, 4.69) is 20.4 Å². The van der Waals surface area contributed by atoms with E-state index in [9.17, 15) is 4.79 Å². The van der Waals surface area contributed by atoms with Crippen molar-refractivity contribution in [3.63, 3.8) is 0 Å². The number of hydrogen-bond donors (Lipinski definition) is 1. The van der Waals surface area contributed by atoms with Crippen LogP contribution in [0.1, 0.15) is 16.2 Å². The molecule has 0 atom stereocenters. The Labute approximate surface area is 121 Å². The molecule has 1 aromatic carbocycles. The number of hydrogen-bond acceptors (Lipinski definition) is 4. The molecule has 0 aliphatic carbocycles. The van der Waals surface area contributed by atoms with E-state index in [1.54, 1.807) is 29.2 Å². The van der Waals surface area contributed by atoms with E-state index in [1.807, 2.05) is 37.3 Å². The number of amides is 1. The molecule has 0 aliphatic heterocycles. The van der Waals surface area contributed by atoms with Crippen molar-refractivity contribution in [2.75, 3.05) is 5.32 Å². The van der Waals surface area contributed by atoms with Crippen LogP contribution < -0.4 is 5.32 Å². The van der Waals surface area contributed by atoms with Gasteiger partial charge in [0.1, 0.15) is 5.69 Å². The Morgan fingerprint density at radius 3 is 2.52 bits per heavy atom. The first-order valence-electron chi connectivity index (χ1n) is 6.44. The average molecular weight is 279 g/mol. The Morgan fingerprint density at radius 2 is 1.81 bits per heavy atom. The van der Waals surface area contributed by atoms with E-state index in [0.717, 1.165) is 11.4 Å². The molecular weight excluding hydrogens is 266 g/mol. The molecule has 1 N–H and O–H groups in total. The lowest BCUT2D eigenvalue weighted by Crippen LogP contribution is -2.18. The van der Waals surface area contributed by atoms with Crippen molar-refractivity contribution in [3.05, 3.63) is 66.2 Å². The van der Waals surface area contributed by atoms with Gasteiger partial charge in [0, 0.05) is 12.4 Å². The van der Waals surface area contributed by atoms with Gasteiger partial charge in [-0.05, 0) is 31.2 Å². The summed E-state index contributed by atoms with van der Waals surface area (Å²) in [7, 11) is 0. The van der Waals surface area contributed by atoms with E-state index in [0.29, 0.717) is 5.69 Å². The first-order valence-corrected chi connectivity index (χ1v) is 6.44. The summed E-state index contributed by atoms with van der Waals surface area (Å²) in [4.78, 5) is 20.3. The van der Waals surface area contributed by atoms with Crippen LogP contribution in [0.5, 0.6) is 0 Å². The quantitative estimate of drug-likeness (QED) is 0.798. The monoisotopic (exact) mass is 279 g/mol. The van der Waals surface area contributed by atoms with Crippen molar-refractivity contribution in [1.82, 2.24) is 19.7 Å². The zero-order chi connectivity index (χ0) is 14.7. The number of anilines is 1. The molecule has 21 heavy (non-hydrogen) atoms. The summed E-state index contributed by atoms with van der Waals surface area (Å²) in [6, 6.07) is 12.9. The maximum absolute atomic E-state index is 12.4. The second kappa shape index (κ2) is 5.54. The van der Waals surface area contributed by atoms with Gasteiger partial charge >= 0.3 is 0 Å². The lowest BCUT2D eigenvalue weighted by molar-refractivity contribution is 0.101. The van der Waals surface area contributed by atoms with Crippen molar-refractivity contribution in [2.45, 2.75) is 6.92 Å². The highest BCUT2D eigenvalue weighted by Crippen LogP contribution is 2.13. The van der Waals surface area contributed by atoms with Crippen LogP contribution in [0.25, 0.3) is 5.69 Å². The summed E-state index contributed by atoms with van der Waals surface area (Å²) in [5.41, 5.74) is 2.02. The fourth-order valence-electron chi connectivity index (χ4n) is 1.96. The van der Waals surface area contributed by atoms with Gasteiger partial charge in [0.2, 0.25) is 5.95 Å². The Hall–Kier alpha value is -3.02. The molecule has 3 rings (SSSR count). The van der Waals surface area contributed by atoms with E-state index < -0.39 is 0 Å². The Bertz CT molecular complexity index is 752. The summed E-state index contributed by atoms with van der Waals surface area (Å²) < 4.78 is 1.60. The minimum atomic E-state index is -0.300. The molecule has 1 amide bonds. The highest BCUT2D eigenvalue weighted by Gasteiger charge is 2.16. The van der Waals surface area contributed by atoms with Gasteiger partial charge in [0.05, 0.1) is 11.4 Å². The Kier molecular flexibility index (Phi) is 3.42. The molecule has 0 saturated heterocycles. The molecule has 0 aliphatic rings. The standard InChI is InChI=1S/C15H13N5O/c1-11-10-13(14(21)18-15-16-8-5-9-17-15)20(19-11)12-6-3-2-4-7-12/h2-10H,1H3,(H,16,17,18,21). The summed E-state index contributed by atoms with van der Waals surface area (Å²) in [5.74, 6) is -0.0355. The molecule has 0 radical (unpaired) electrons. The molecule has 0 spiro atoms. The average Bonchev–Trinajstić information content (AvgIpc) is 2.91. The molecule has 6 nitrogen and oxygen atoms in total. The number of nitrogens with one attached hydrogen (secondary N) is 1. The van der Waals surface area contributed by atoms with Crippen LogP contribution in [-0.2, 0) is 0 Å². The number of benzene rings is 1.